The Bertz CT molecular complexity index is 981. The first-order valence-corrected chi connectivity index (χ1v) is 11.5. The standard InChI is InChI=1S/C26H33N3O4/c1-4-15-33-26(32)20-9-6-10-21(16-20)27-23(30)13-14-29(22-11-12-22)17-24(31)28-25-18(2)7-5-8-19(25)3/h5-10,16,22H,4,11-15,17H2,1-3H3,(H,27,30)(H,28,31). The molecule has 7 heteroatoms. The van der Waals surface area contributed by atoms with Crippen molar-refractivity contribution in [1.82, 2.24) is 4.90 Å². The quantitative estimate of drug-likeness (QED) is 0.497. The van der Waals surface area contributed by atoms with Crippen LogP contribution in [-0.4, -0.2) is 48.4 Å². The third kappa shape index (κ3) is 7.43. The molecule has 7 nitrogen and oxygen atoms in total. The summed E-state index contributed by atoms with van der Waals surface area (Å²) < 4.78 is 5.15. The molecule has 0 aliphatic heterocycles. The second-order valence-corrected chi connectivity index (χ2v) is 8.53. The van der Waals surface area contributed by atoms with E-state index in [9.17, 15) is 14.4 Å². The minimum atomic E-state index is -0.400. The second-order valence-electron chi connectivity index (χ2n) is 8.53. The third-order valence-corrected chi connectivity index (χ3v) is 5.60. The maximum absolute atomic E-state index is 12.7. The fraction of sp³-hybridized carbons (Fsp3) is 0.423. The maximum atomic E-state index is 12.7. The number of carbonyl (C=O) groups excluding carboxylic acids is 3. The van der Waals surface area contributed by atoms with Gasteiger partial charge in [0.05, 0.1) is 18.7 Å². The molecule has 0 radical (unpaired) electrons. The van der Waals surface area contributed by atoms with E-state index in [1.54, 1.807) is 24.3 Å². The molecule has 1 saturated carbocycles. The van der Waals surface area contributed by atoms with Crippen LogP contribution in [0.1, 0.15) is 54.1 Å². The molecule has 1 aliphatic carbocycles. The number of nitrogens with zero attached hydrogens (tertiary/aromatic N) is 1. The number of hydrogen-bond donors (Lipinski definition) is 2. The Balaban J connectivity index is 1.51. The van der Waals surface area contributed by atoms with E-state index in [1.165, 1.54) is 0 Å². The lowest BCUT2D eigenvalue weighted by atomic mass is 10.1. The molecule has 3 rings (SSSR count). The molecule has 2 N–H and O–H groups in total. The van der Waals surface area contributed by atoms with Crippen molar-refractivity contribution in [3.8, 4) is 0 Å². The minimum absolute atomic E-state index is 0.0713. The number of esters is 1. The van der Waals surface area contributed by atoms with E-state index in [1.807, 2.05) is 39.0 Å². The summed E-state index contributed by atoms with van der Waals surface area (Å²) in [6.45, 7) is 7.00. The number of amides is 2. The van der Waals surface area contributed by atoms with Crippen LogP contribution in [0.4, 0.5) is 11.4 Å². The van der Waals surface area contributed by atoms with E-state index >= 15 is 0 Å². The Labute approximate surface area is 195 Å². The highest BCUT2D eigenvalue weighted by Crippen LogP contribution is 2.27. The summed E-state index contributed by atoms with van der Waals surface area (Å²) in [5.74, 6) is -0.629. The smallest absolute Gasteiger partial charge is 0.338 e. The summed E-state index contributed by atoms with van der Waals surface area (Å²) >= 11 is 0. The van der Waals surface area contributed by atoms with E-state index in [0.29, 0.717) is 30.4 Å². The minimum Gasteiger partial charge on any atom is -0.462 e. The molecule has 33 heavy (non-hydrogen) atoms. The third-order valence-electron chi connectivity index (χ3n) is 5.60. The van der Waals surface area contributed by atoms with Crippen LogP contribution in [0.2, 0.25) is 0 Å². The van der Waals surface area contributed by atoms with E-state index in [2.05, 4.69) is 15.5 Å². The van der Waals surface area contributed by atoms with Gasteiger partial charge in [-0.25, -0.2) is 4.79 Å². The molecule has 2 aromatic rings. The van der Waals surface area contributed by atoms with Crippen LogP contribution in [0.5, 0.6) is 0 Å². The summed E-state index contributed by atoms with van der Waals surface area (Å²) in [5, 5.41) is 5.87. The van der Waals surface area contributed by atoms with Crippen LogP contribution in [0.3, 0.4) is 0 Å². The Morgan fingerprint density at radius 1 is 1.00 bits per heavy atom. The molecule has 0 atom stereocenters. The van der Waals surface area contributed by atoms with Crippen molar-refractivity contribution < 1.29 is 19.1 Å². The molecule has 0 bridgehead atoms. The highest BCUT2D eigenvalue weighted by molar-refractivity contribution is 5.95. The topological polar surface area (TPSA) is 87.7 Å². The fourth-order valence-electron chi connectivity index (χ4n) is 3.68. The van der Waals surface area contributed by atoms with Crippen molar-refractivity contribution in [2.45, 2.75) is 52.5 Å². The molecule has 1 aliphatic rings. The van der Waals surface area contributed by atoms with Crippen LogP contribution in [0.15, 0.2) is 42.5 Å². The van der Waals surface area contributed by atoms with E-state index < -0.39 is 5.97 Å². The maximum Gasteiger partial charge on any atom is 0.338 e. The number of rotatable bonds is 11. The van der Waals surface area contributed by atoms with Crippen molar-refractivity contribution >= 4 is 29.2 Å². The fourth-order valence-corrected chi connectivity index (χ4v) is 3.68. The largest absolute Gasteiger partial charge is 0.462 e. The predicted octanol–water partition coefficient (Wildman–Crippen LogP) is 4.30. The Morgan fingerprint density at radius 2 is 1.70 bits per heavy atom. The summed E-state index contributed by atoms with van der Waals surface area (Å²) in [4.78, 5) is 39.3. The van der Waals surface area contributed by atoms with Gasteiger partial charge in [0.1, 0.15) is 0 Å². The molecule has 0 saturated heterocycles. The van der Waals surface area contributed by atoms with Crippen LogP contribution in [-0.2, 0) is 14.3 Å². The lowest BCUT2D eigenvalue weighted by molar-refractivity contribution is -0.119. The number of anilines is 2. The molecule has 2 amide bonds. The molecule has 0 spiro atoms. The number of nitrogens with one attached hydrogen (secondary N) is 2. The number of hydrogen-bond acceptors (Lipinski definition) is 5. The SMILES string of the molecule is CCCOC(=O)c1cccc(NC(=O)CCN(CC(=O)Nc2c(C)cccc2C)C2CC2)c1. The normalized spacial score (nSPS) is 13.0. The van der Waals surface area contributed by atoms with E-state index in [-0.39, 0.29) is 24.8 Å². The Hall–Kier alpha value is -3.19. The molecular formula is C26H33N3O4. The number of ether oxygens (including phenoxy) is 1. The lowest BCUT2D eigenvalue weighted by Gasteiger charge is -2.22. The van der Waals surface area contributed by atoms with Gasteiger partial charge in [-0.1, -0.05) is 31.2 Å². The summed E-state index contributed by atoms with van der Waals surface area (Å²) in [6, 6.07) is 13.0. The first kappa shape index (κ1) is 24.5. The first-order chi connectivity index (χ1) is 15.9. The van der Waals surface area contributed by atoms with Gasteiger partial charge < -0.3 is 15.4 Å². The first-order valence-electron chi connectivity index (χ1n) is 11.5. The highest BCUT2D eigenvalue weighted by Gasteiger charge is 2.30. The van der Waals surface area contributed by atoms with Gasteiger partial charge in [0.25, 0.3) is 0 Å². The molecule has 176 valence electrons. The molecule has 2 aromatic carbocycles. The molecule has 0 aromatic heterocycles. The van der Waals surface area contributed by atoms with Crippen molar-refractivity contribution in [3.05, 3.63) is 59.2 Å². The van der Waals surface area contributed by atoms with Crippen LogP contribution in [0.25, 0.3) is 0 Å². The number of para-hydroxylation sites is 1. The zero-order chi connectivity index (χ0) is 23.8. The Kier molecular flexibility index (Phi) is 8.60. The molecule has 0 heterocycles. The summed E-state index contributed by atoms with van der Waals surface area (Å²) in [7, 11) is 0. The van der Waals surface area contributed by atoms with Crippen molar-refractivity contribution in [2.75, 3.05) is 30.3 Å². The number of aryl methyl sites for hydroxylation is 2. The second kappa shape index (κ2) is 11.6. The number of carbonyl (C=O) groups is 3. The summed E-state index contributed by atoms with van der Waals surface area (Å²) in [6.07, 6.45) is 3.10. The van der Waals surface area contributed by atoms with E-state index in [0.717, 1.165) is 36.1 Å². The zero-order valence-electron chi connectivity index (χ0n) is 19.6. The molecular weight excluding hydrogens is 418 g/mol. The predicted molar refractivity (Wildman–Crippen MR) is 129 cm³/mol. The Morgan fingerprint density at radius 3 is 2.36 bits per heavy atom. The van der Waals surface area contributed by atoms with Crippen molar-refractivity contribution in [2.24, 2.45) is 0 Å². The van der Waals surface area contributed by atoms with Crippen molar-refractivity contribution in [3.63, 3.8) is 0 Å². The average Bonchev–Trinajstić information content (AvgIpc) is 3.63. The van der Waals surface area contributed by atoms with Gasteiger partial charge in [-0.15, -0.1) is 0 Å². The molecule has 1 fully saturated rings. The lowest BCUT2D eigenvalue weighted by Crippen LogP contribution is -2.37. The van der Waals surface area contributed by atoms with Crippen LogP contribution in [0, 0.1) is 13.8 Å². The summed E-state index contributed by atoms with van der Waals surface area (Å²) in [5.41, 5.74) is 3.87. The number of benzene rings is 2. The molecule has 0 unspecified atom stereocenters. The van der Waals surface area contributed by atoms with E-state index in [4.69, 9.17) is 4.74 Å². The van der Waals surface area contributed by atoms with Gasteiger partial charge in [-0.3, -0.25) is 14.5 Å². The van der Waals surface area contributed by atoms with Gasteiger partial charge >= 0.3 is 5.97 Å². The van der Waals surface area contributed by atoms with Crippen LogP contribution < -0.4 is 10.6 Å². The van der Waals surface area contributed by atoms with Gasteiger partial charge in [0.2, 0.25) is 11.8 Å². The van der Waals surface area contributed by atoms with Gasteiger partial charge in [-0.2, -0.15) is 0 Å². The van der Waals surface area contributed by atoms with Gasteiger partial charge in [0.15, 0.2) is 0 Å². The van der Waals surface area contributed by atoms with Crippen LogP contribution >= 0.6 is 0 Å². The average molecular weight is 452 g/mol. The highest BCUT2D eigenvalue weighted by atomic mass is 16.5. The van der Waals surface area contributed by atoms with Crippen molar-refractivity contribution in [1.29, 1.82) is 0 Å². The zero-order valence-corrected chi connectivity index (χ0v) is 19.6. The monoisotopic (exact) mass is 451 g/mol. The van der Waals surface area contributed by atoms with Gasteiger partial charge in [-0.05, 0) is 62.4 Å². The van der Waals surface area contributed by atoms with Gasteiger partial charge in [0, 0.05) is 30.4 Å².